The standard InChI is InChI=1S/C16H25IN2/c1-3-10-19-11-8-16(9-12-19)18-13(2)14-4-6-15(17)7-5-14/h4-7,13,16,18H,3,8-12H2,1-2H3. The van der Waals surface area contributed by atoms with Crippen molar-refractivity contribution in [2.75, 3.05) is 19.6 Å². The number of nitrogens with zero attached hydrogens (tertiary/aromatic N) is 1. The smallest absolute Gasteiger partial charge is 0.0294 e. The molecule has 1 aliphatic rings. The summed E-state index contributed by atoms with van der Waals surface area (Å²) in [4.78, 5) is 2.59. The van der Waals surface area contributed by atoms with Crippen molar-refractivity contribution >= 4 is 22.6 Å². The highest BCUT2D eigenvalue weighted by Crippen LogP contribution is 2.18. The maximum absolute atomic E-state index is 3.79. The summed E-state index contributed by atoms with van der Waals surface area (Å²) in [7, 11) is 0. The van der Waals surface area contributed by atoms with E-state index in [2.05, 4.69) is 70.9 Å². The molecule has 1 fully saturated rings. The molecule has 0 aromatic heterocycles. The number of piperidine rings is 1. The number of likely N-dealkylation sites (tertiary alicyclic amines) is 1. The molecule has 1 heterocycles. The highest BCUT2D eigenvalue weighted by atomic mass is 127. The number of halogens is 1. The Morgan fingerprint density at radius 3 is 2.47 bits per heavy atom. The quantitative estimate of drug-likeness (QED) is 0.791. The van der Waals surface area contributed by atoms with Crippen LogP contribution >= 0.6 is 22.6 Å². The molecule has 1 unspecified atom stereocenters. The van der Waals surface area contributed by atoms with Gasteiger partial charge in [-0.1, -0.05) is 19.1 Å². The van der Waals surface area contributed by atoms with Crippen LogP contribution in [0.5, 0.6) is 0 Å². The van der Waals surface area contributed by atoms with Crippen LogP contribution in [0, 0.1) is 3.57 Å². The number of nitrogens with one attached hydrogen (secondary N) is 1. The summed E-state index contributed by atoms with van der Waals surface area (Å²) in [6.07, 6.45) is 3.85. The van der Waals surface area contributed by atoms with Gasteiger partial charge in [0.05, 0.1) is 0 Å². The molecule has 1 saturated heterocycles. The lowest BCUT2D eigenvalue weighted by Crippen LogP contribution is -2.43. The molecular weight excluding hydrogens is 347 g/mol. The lowest BCUT2D eigenvalue weighted by Gasteiger charge is -2.33. The second-order valence-corrected chi connectivity index (χ2v) is 6.80. The minimum absolute atomic E-state index is 0.458. The van der Waals surface area contributed by atoms with Gasteiger partial charge in [-0.05, 0) is 86.1 Å². The van der Waals surface area contributed by atoms with Crippen molar-refractivity contribution in [3.8, 4) is 0 Å². The van der Waals surface area contributed by atoms with E-state index in [-0.39, 0.29) is 0 Å². The van der Waals surface area contributed by atoms with E-state index in [0.29, 0.717) is 12.1 Å². The molecule has 0 bridgehead atoms. The van der Waals surface area contributed by atoms with E-state index in [9.17, 15) is 0 Å². The fourth-order valence-electron chi connectivity index (χ4n) is 2.84. The molecule has 2 rings (SSSR count). The van der Waals surface area contributed by atoms with Gasteiger partial charge in [-0.2, -0.15) is 0 Å². The minimum atomic E-state index is 0.458. The Labute approximate surface area is 131 Å². The Morgan fingerprint density at radius 2 is 1.89 bits per heavy atom. The van der Waals surface area contributed by atoms with Crippen molar-refractivity contribution < 1.29 is 0 Å². The van der Waals surface area contributed by atoms with E-state index >= 15 is 0 Å². The zero-order valence-electron chi connectivity index (χ0n) is 12.0. The molecule has 19 heavy (non-hydrogen) atoms. The monoisotopic (exact) mass is 372 g/mol. The molecule has 0 amide bonds. The Morgan fingerprint density at radius 1 is 1.26 bits per heavy atom. The van der Waals surface area contributed by atoms with E-state index in [1.165, 1.54) is 48.0 Å². The molecule has 0 saturated carbocycles. The minimum Gasteiger partial charge on any atom is -0.307 e. The van der Waals surface area contributed by atoms with Gasteiger partial charge >= 0.3 is 0 Å². The van der Waals surface area contributed by atoms with Crippen LogP contribution < -0.4 is 5.32 Å². The van der Waals surface area contributed by atoms with Gasteiger partial charge in [-0.3, -0.25) is 0 Å². The SMILES string of the molecule is CCCN1CCC(NC(C)c2ccc(I)cc2)CC1. The highest BCUT2D eigenvalue weighted by molar-refractivity contribution is 14.1. The Kier molecular flexibility index (Phi) is 6.10. The molecule has 0 spiro atoms. The van der Waals surface area contributed by atoms with E-state index in [1.807, 2.05) is 0 Å². The van der Waals surface area contributed by atoms with Crippen molar-refractivity contribution in [3.63, 3.8) is 0 Å². The van der Waals surface area contributed by atoms with Crippen molar-refractivity contribution in [2.45, 2.75) is 45.2 Å². The lowest BCUT2D eigenvalue weighted by molar-refractivity contribution is 0.192. The van der Waals surface area contributed by atoms with Gasteiger partial charge in [0.25, 0.3) is 0 Å². The van der Waals surface area contributed by atoms with Gasteiger partial charge in [0.1, 0.15) is 0 Å². The average Bonchev–Trinajstić information content (AvgIpc) is 2.42. The Balaban J connectivity index is 1.80. The summed E-state index contributed by atoms with van der Waals surface area (Å²) in [5, 5.41) is 3.79. The van der Waals surface area contributed by atoms with Crippen LogP contribution in [0.1, 0.15) is 44.7 Å². The zero-order valence-corrected chi connectivity index (χ0v) is 14.2. The van der Waals surface area contributed by atoms with Crippen molar-refractivity contribution in [2.24, 2.45) is 0 Å². The number of hydrogen-bond donors (Lipinski definition) is 1. The van der Waals surface area contributed by atoms with Crippen LogP contribution in [0.15, 0.2) is 24.3 Å². The molecule has 1 aromatic rings. The first-order valence-electron chi connectivity index (χ1n) is 7.43. The summed E-state index contributed by atoms with van der Waals surface area (Å²) >= 11 is 2.36. The molecule has 106 valence electrons. The predicted octanol–water partition coefficient (Wildman–Crippen LogP) is 3.82. The molecule has 1 aliphatic heterocycles. The first-order valence-corrected chi connectivity index (χ1v) is 8.50. The molecule has 1 atom stereocenters. The number of rotatable bonds is 5. The Bertz CT molecular complexity index is 369. The summed E-state index contributed by atoms with van der Waals surface area (Å²) in [5.74, 6) is 0. The van der Waals surface area contributed by atoms with Gasteiger partial charge in [-0.25, -0.2) is 0 Å². The average molecular weight is 372 g/mol. The highest BCUT2D eigenvalue weighted by Gasteiger charge is 2.20. The van der Waals surface area contributed by atoms with Crippen LogP contribution in [0.4, 0.5) is 0 Å². The first kappa shape index (κ1) is 15.3. The summed E-state index contributed by atoms with van der Waals surface area (Å²) in [5.41, 5.74) is 1.40. The van der Waals surface area contributed by atoms with Crippen LogP contribution in [0.3, 0.4) is 0 Å². The van der Waals surface area contributed by atoms with Crippen LogP contribution in [0.2, 0.25) is 0 Å². The number of benzene rings is 1. The van der Waals surface area contributed by atoms with Gasteiger partial charge in [0.15, 0.2) is 0 Å². The van der Waals surface area contributed by atoms with Crippen molar-refractivity contribution in [1.29, 1.82) is 0 Å². The van der Waals surface area contributed by atoms with E-state index in [4.69, 9.17) is 0 Å². The van der Waals surface area contributed by atoms with Crippen LogP contribution in [-0.2, 0) is 0 Å². The van der Waals surface area contributed by atoms with Gasteiger partial charge in [0.2, 0.25) is 0 Å². The third-order valence-corrected chi connectivity index (χ3v) is 4.70. The van der Waals surface area contributed by atoms with Crippen molar-refractivity contribution in [3.05, 3.63) is 33.4 Å². The van der Waals surface area contributed by atoms with Crippen LogP contribution in [0.25, 0.3) is 0 Å². The molecule has 0 radical (unpaired) electrons. The first-order chi connectivity index (χ1) is 9.19. The van der Waals surface area contributed by atoms with E-state index < -0.39 is 0 Å². The molecule has 2 nitrogen and oxygen atoms in total. The summed E-state index contributed by atoms with van der Waals surface area (Å²) in [6, 6.07) is 10.0. The maximum atomic E-state index is 3.79. The fraction of sp³-hybridized carbons (Fsp3) is 0.625. The summed E-state index contributed by atoms with van der Waals surface area (Å²) < 4.78 is 1.31. The normalized spacial score (nSPS) is 19.5. The van der Waals surface area contributed by atoms with Crippen molar-refractivity contribution in [1.82, 2.24) is 10.2 Å². The van der Waals surface area contributed by atoms with Crippen LogP contribution in [-0.4, -0.2) is 30.6 Å². The Hall–Kier alpha value is -0.130. The van der Waals surface area contributed by atoms with E-state index in [0.717, 1.165) is 0 Å². The second kappa shape index (κ2) is 7.60. The predicted molar refractivity (Wildman–Crippen MR) is 90.5 cm³/mol. The van der Waals surface area contributed by atoms with Gasteiger partial charge in [0, 0.05) is 15.7 Å². The second-order valence-electron chi connectivity index (χ2n) is 5.56. The molecule has 0 aliphatic carbocycles. The summed E-state index contributed by atoms with van der Waals surface area (Å²) in [6.45, 7) is 8.32. The third kappa shape index (κ3) is 4.72. The van der Waals surface area contributed by atoms with Gasteiger partial charge in [-0.15, -0.1) is 0 Å². The molecular formula is C16H25IN2. The largest absolute Gasteiger partial charge is 0.307 e. The molecule has 1 N–H and O–H groups in total. The molecule has 3 heteroatoms. The lowest BCUT2D eigenvalue weighted by atomic mass is 10.0. The topological polar surface area (TPSA) is 15.3 Å². The number of hydrogen-bond acceptors (Lipinski definition) is 2. The zero-order chi connectivity index (χ0) is 13.7. The third-order valence-electron chi connectivity index (χ3n) is 3.98. The van der Waals surface area contributed by atoms with E-state index in [1.54, 1.807) is 0 Å². The van der Waals surface area contributed by atoms with Gasteiger partial charge < -0.3 is 10.2 Å². The maximum Gasteiger partial charge on any atom is 0.0294 e. The fourth-order valence-corrected chi connectivity index (χ4v) is 3.20. The molecule has 1 aromatic carbocycles.